The van der Waals surface area contributed by atoms with Gasteiger partial charge in [-0.25, -0.2) is 0 Å². The zero-order valence-electron chi connectivity index (χ0n) is 12.8. The van der Waals surface area contributed by atoms with Gasteiger partial charge < -0.3 is 5.73 Å². The van der Waals surface area contributed by atoms with Gasteiger partial charge in [0.15, 0.2) is 0 Å². The van der Waals surface area contributed by atoms with Gasteiger partial charge in [-0.1, -0.05) is 26.0 Å². The third kappa shape index (κ3) is 3.96. The molecule has 0 bridgehead atoms. The van der Waals surface area contributed by atoms with Crippen molar-refractivity contribution in [2.45, 2.75) is 33.2 Å². The number of nitrogen functional groups attached to an aromatic ring is 1. The molecule has 1 aliphatic heterocycles. The van der Waals surface area contributed by atoms with Crippen LogP contribution in [-0.4, -0.2) is 36.7 Å². The lowest BCUT2D eigenvalue weighted by Gasteiger charge is -2.33. The van der Waals surface area contributed by atoms with E-state index in [0.29, 0.717) is 37.8 Å². The standard InChI is InChI=1S/C15H25N3O2S/c1-3-17(12-14-4-6-15(16)7-5-14)21(19,20)18-10-8-13(2)9-11-18/h4-7,13H,3,8-12,16H2,1-2H3. The fourth-order valence-electron chi connectivity index (χ4n) is 2.56. The maximum Gasteiger partial charge on any atom is 0.282 e. The van der Waals surface area contributed by atoms with E-state index in [9.17, 15) is 8.42 Å². The first-order chi connectivity index (χ1) is 9.93. The monoisotopic (exact) mass is 311 g/mol. The van der Waals surface area contributed by atoms with Gasteiger partial charge in [-0.05, 0) is 36.5 Å². The van der Waals surface area contributed by atoms with E-state index in [1.54, 1.807) is 16.4 Å². The van der Waals surface area contributed by atoms with Crippen molar-refractivity contribution in [3.63, 3.8) is 0 Å². The van der Waals surface area contributed by atoms with Crippen LogP contribution in [0.25, 0.3) is 0 Å². The van der Waals surface area contributed by atoms with E-state index in [-0.39, 0.29) is 0 Å². The lowest BCUT2D eigenvalue weighted by Crippen LogP contribution is -2.46. The molecule has 0 saturated carbocycles. The SMILES string of the molecule is CCN(Cc1ccc(N)cc1)S(=O)(=O)N1CCC(C)CC1. The van der Waals surface area contributed by atoms with E-state index in [1.807, 2.05) is 19.1 Å². The molecule has 1 aromatic rings. The van der Waals surface area contributed by atoms with Gasteiger partial charge in [-0.3, -0.25) is 0 Å². The summed E-state index contributed by atoms with van der Waals surface area (Å²) in [6.45, 7) is 6.17. The molecule has 0 amide bonds. The minimum Gasteiger partial charge on any atom is -0.399 e. The first kappa shape index (κ1) is 16.3. The van der Waals surface area contributed by atoms with E-state index >= 15 is 0 Å². The van der Waals surface area contributed by atoms with Crippen LogP contribution < -0.4 is 5.73 Å². The highest BCUT2D eigenvalue weighted by Gasteiger charge is 2.31. The van der Waals surface area contributed by atoms with Crippen molar-refractivity contribution in [2.75, 3.05) is 25.4 Å². The third-order valence-electron chi connectivity index (χ3n) is 4.09. The van der Waals surface area contributed by atoms with Crippen LogP contribution in [0.2, 0.25) is 0 Å². The molecule has 2 N–H and O–H groups in total. The summed E-state index contributed by atoms with van der Waals surface area (Å²) in [5.41, 5.74) is 7.31. The number of hydrogen-bond acceptors (Lipinski definition) is 3. The molecule has 1 saturated heterocycles. The maximum atomic E-state index is 12.7. The first-order valence-corrected chi connectivity index (χ1v) is 8.92. The highest BCUT2D eigenvalue weighted by molar-refractivity contribution is 7.86. The van der Waals surface area contributed by atoms with Crippen molar-refractivity contribution in [1.82, 2.24) is 8.61 Å². The second-order valence-electron chi connectivity index (χ2n) is 5.76. The van der Waals surface area contributed by atoms with Gasteiger partial charge in [0.05, 0.1) is 0 Å². The summed E-state index contributed by atoms with van der Waals surface area (Å²) in [5.74, 6) is 0.614. The van der Waals surface area contributed by atoms with E-state index in [1.165, 1.54) is 4.31 Å². The van der Waals surface area contributed by atoms with Gasteiger partial charge >= 0.3 is 0 Å². The summed E-state index contributed by atoms with van der Waals surface area (Å²) in [6, 6.07) is 7.37. The van der Waals surface area contributed by atoms with Crippen LogP contribution in [0.1, 0.15) is 32.3 Å². The van der Waals surface area contributed by atoms with Crippen LogP contribution >= 0.6 is 0 Å². The molecule has 0 radical (unpaired) electrons. The summed E-state index contributed by atoms with van der Waals surface area (Å²) in [5, 5.41) is 0. The van der Waals surface area contributed by atoms with E-state index < -0.39 is 10.2 Å². The van der Waals surface area contributed by atoms with Crippen LogP contribution in [0.4, 0.5) is 5.69 Å². The Morgan fingerprint density at radius 1 is 1.24 bits per heavy atom. The highest BCUT2D eigenvalue weighted by atomic mass is 32.2. The number of anilines is 1. The van der Waals surface area contributed by atoms with Crippen LogP contribution in [0.5, 0.6) is 0 Å². The first-order valence-electron chi connectivity index (χ1n) is 7.53. The summed E-state index contributed by atoms with van der Waals surface area (Å²) >= 11 is 0. The number of nitrogens with two attached hydrogens (primary N) is 1. The fourth-order valence-corrected chi connectivity index (χ4v) is 4.20. The van der Waals surface area contributed by atoms with E-state index in [0.717, 1.165) is 18.4 Å². The van der Waals surface area contributed by atoms with Crippen molar-refractivity contribution in [3.05, 3.63) is 29.8 Å². The van der Waals surface area contributed by atoms with Crippen molar-refractivity contribution >= 4 is 15.9 Å². The Morgan fingerprint density at radius 3 is 2.33 bits per heavy atom. The van der Waals surface area contributed by atoms with Gasteiger partial charge in [-0.2, -0.15) is 17.0 Å². The van der Waals surface area contributed by atoms with Crippen LogP contribution in [0, 0.1) is 5.92 Å². The summed E-state index contributed by atoms with van der Waals surface area (Å²) in [6.07, 6.45) is 1.89. The quantitative estimate of drug-likeness (QED) is 0.847. The molecule has 1 heterocycles. The molecule has 21 heavy (non-hydrogen) atoms. The van der Waals surface area contributed by atoms with Gasteiger partial charge in [-0.15, -0.1) is 0 Å². The second-order valence-corrected chi connectivity index (χ2v) is 7.69. The average Bonchev–Trinajstić information content (AvgIpc) is 2.47. The molecule has 1 aromatic carbocycles. The third-order valence-corrected chi connectivity index (χ3v) is 6.14. The zero-order valence-corrected chi connectivity index (χ0v) is 13.6. The van der Waals surface area contributed by atoms with E-state index in [4.69, 9.17) is 5.73 Å². The topological polar surface area (TPSA) is 66.6 Å². The van der Waals surface area contributed by atoms with Gasteiger partial charge in [0, 0.05) is 31.9 Å². The van der Waals surface area contributed by atoms with Crippen molar-refractivity contribution in [2.24, 2.45) is 5.92 Å². The molecule has 6 heteroatoms. The largest absolute Gasteiger partial charge is 0.399 e. The minimum atomic E-state index is -3.37. The molecule has 0 aromatic heterocycles. The average molecular weight is 311 g/mol. The number of nitrogens with zero attached hydrogens (tertiary/aromatic N) is 2. The van der Waals surface area contributed by atoms with E-state index in [2.05, 4.69) is 6.92 Å². The summed E-state index contributed by atoms with van der Waals surface area (Å²) < 4.78 is 28.6. The lowest BCUT2D eigenvalue weighted by molar-refractivity contribution is 0.264. The van der Waals surface area contributed by atoms with Gasteiger partial charge in [0.25, 0.3) is 10.2 Å². The molecule has 1 fully saturated rings. The zero-order chi connectivity index (χ0) is 15.5. The molecule has 0 atom stereocenters. The minimum absolute atomic E-state index is 0.394. The molecular formula is C15H25N3O2S. The molecule has 5 nitrogen and oxygen atoms in total. The smallest absolute Gasteiger partial charge is 0.282 e. The molecule has 0 aliphatic carbocycles. The fraction of sp³-hybridized carbons (Fsp3) is 0.600. The van der Waals surface area contributed by atoms with Crippen LogP contribution in [0.15, 0.2) is 24.3 Å². The number of benzene rings is 1. The Hall–Kier alpha value is -1.11. The molecule has 1 aliphatic rings. The van der Waals surface area contributed by atoms with Gasteiger partial charge in [0.2, 0.25) is 0 Å². The Morgan fingerprint density at radius 2 is 1.81 bits per heavy atom. The lowest BCUT2D eigenvalue weighted by atomic mass is 10.0. The maximum absolute atomic E-state index is 12.7. The number of rotatable bonds is 5. The molecule has 2 rings (SSSR count). The Kier molecular flexibility index (Phi) is 5.24. The predicted octanol–water partition coefficient (Wildman–Crippen LogP) is 2.07. The molecule has 0 spiro atoms. The summed E-state index contributed by atoms with van der Waals surface area (Å²) in [7, 11) is -3.37. The molecule has 0 unspecified atom stereocenters. The Balaban J connectivity index is 2.10. The number of piperidine rings is 1. The van der Waals surface area contributed by atoms with Crippen LogP contribution in [0.3, 0.4) is 0 Å². The Labute approximate surface area is 127 Å². The van der Waals surface area contributed by atoms with Crippen molar-refractivity contribution < 1.29 is 8.42 Å². The normalized spacial score (nSPS) is 18.2. The van der Waals surface area contributed by atoms with Crippen LogP contribution in [-0.2, 0) is 16.8 Å². The number of hydrogen-bond donors (Lipinski definition) is 1. The van der Waals surface area contributed by atoms with Crippen molar-refractivity contribution in [3.8, 4) is 0 Å². The summed E-state index contributed by atoms with van der Waals surface area (Å²) in [4.78, 5) is 0. The molecule has 118 valence electrons. The highest BCUT2D eigenvalue weighted by Crippen LogP contribution is 2.22. The Bertz CT molecular complexity index is 549. The predicted molar refractivity (Wildman–Crippen MR) is 85.8 cm³/mol. The second kappa shape index (κ2) is 6.77. The van der Waals surface area contributed by atoms with Gasteiger partial charge in [0.1, 0.15) is 0 Å². The molecular weight excluding hydrogens is 286 g/mol. The van der Waals surface area contributed by atoms with Crippen molar-refractivity contribution in [1.29, 1.82) is 0 Å².